The van der Waals surface area contributed by atoms with Gasteiger partial charge in [-0.25, -0.2) is 9.97 Å². The van der Waals surface area contributed by atoms with Crippen molar-refractivity contribution in [2.24, 2.45) is 0 Å². The largest absolute Gasteiger partial charge is 0.492 e. The van der Waals surface area contributed by atoms with E-state index in [4.69, 9.17) is 4.74 Å². The van der Waals surface area contributed by atoms with E-state index < -0.39 is 0 Å². The van der Waals surface area contributed by atoms with E-state index in [0.29, 0.717) is 12.4 Å². The van der Waals surface area contributed by atoms with Gasteiger partial charge in [0.25, 0.3) is 5.91 Å². The molecule has 0 bridgehead atoms. The molecular weight excluding hydrogens is 328 g/mol. The van der Waals surface area contributed by atoms with Crippen LogP contribution < -0.4 is 15.4 Å². The molecule has 3 rings (SSSR count). The molecule has 0 spiro atoms. The van der Waals surface area contributed by atoms with E-state index in [1.54, 1.807) is 6.07 Å². The monoisotopic (exact) mass is 348 g/mol. The fraction of sp³-hybridized carbons (Fsp3) is 0.150. The van der Waals surface area contributed by atoms with Crippen LogP contribution in [0.25, 0.3) is 0 Å². The van der Waals surface area contributed by atoms with E-state index in [9.17, 15) is 4.79 Å². The Hall–Kier alpha value is -3.41. The number of carbonyl (C=O) groups is 1. The third-order valence-corrected chi connectivity index (χ3v) is 3.74. The van der Waals surface area contributed by atoms with Gasteiger partial charge in [-0.15, -0.1) is 0 Å². The smallest absolute Gasteiger partial charge is 0.274 e. The van der Waals surface area contributed by atoms with Crippen molar-refractivity contribution < 1.29 is 9.53 Å². The van der Waals surface area contributed by atoms with Crippen LogP contribution in [0.3, 0.4) is 0 Å². The average molecular weight is 348 g/mol. The van der Waals surface area contributed by atoms with Gasteiger partial charge in [0, 0.05) is 11.8 Å². The van der Waals surface area contributed by atoms with Gasteiger partial charge in [0.1, 0.15) is 23.6 Å². The third-order valence-electron chi connectivity index (χ3n) is 3.74. The van der Waals surface area contributed by atoms with Gasteiger partial charge in [0.15, 0.2) is 0 Å². The van der Waals surface area contributed by atoms with Crippen molar-refractivity contribution in [1.82, 2.24) is 9.97 Å². The minimum Gasteiger partial charge on any atom is -0.492 e. The van der Waals surface area contributed by atoms with Gasteiger partial charge in [0.05, 0.1) is 12.3 Å². The van der Waals surface area contributed by atoms with Crippen LogP contribution in [0.4, 0.5) is 17.2 Å². The third kappa shape index (κ3) is 4.16. The van der Waals surface area contributed by atoms with Crippen LogP contribution >= 0.6 is 0 Å². The summed E-state index contributed by atoms with van der Waals surface area (Å²) in [4.78, 5) is 20.7. The standard InChI is InChI=1S/C20H20N4O2/c1-3-26-18-11-7-6-10-16(18)23-19-12-17(21-13-22-19)20(25)24-15-9-5-4-8-14(15)2/h4-13H,3H2,1-2H3,(H,24,25)(H,21,22,23). The SMILES string of the molecule is CCOc1ccccc1Nc1cc(C(=O)Nc2ccccc2C)ncn1. The van der Waals surface area contributed by atoms with Gasteiger partial charge in [-0.3, -0.25) is 4.79 Å². The lowest BCUT2D eigenvalue weighted by molar-refractivity contribution is 0.102. The summed E-state index contributed by atoms with van der Waals surface area (Å²) in [5.74, 6) is 0.949. The molecule has 0 fully saturated rings. The van der Waals surface area contributed by atoms with Crippen molar-refractivity contribution in [2.75, 3.05) is 17.2 Å². The fourth-order valence-electron chi connectivity index (χ4n) is 2.44. The van der Waals surface area contributed by atoms with E-state index in [1.165, 1.54) is 6.33 Å². The zero-order valence-electron chi connectivity index (χ0n) is 14.7. The van der Waals surface area contributed by atoms with E-state index in [1.807, 2.05) is 62.4 Å². The number of amides is 1. The quantitative estimate of drug-likeness (QED) is 0.699. The minimum atomic E-state index is -0.289. The molecular formula is C20H20N4O2. The summed E-state index contributed by atoms with van der Waals surface area (Å²) in [5, 5.41) is 6.04. The molecule has 3 aromatic rings. The highest BCUT2D eigenvalue weighted by molar-refractivity contribution is 6.03. The van der Waals surface area contributed by atoms with E-state index in [0.717, 1.165) is 22.7 Å². The number of hydrogen-bond donors (Lipinski definition) is 2. The van der Waals surface area contributed by atoms with Gasteiger partial charge in [-0.2, -0.15) is 0 Å². The van der Waals surface area contributed by atoms with Crippen molar-refractivity contribution in [3.05, 3.63) is 72.2 Å². The summed E-state index contributed by atoms with van der Waals surface area (Å²) >= 11 is 0. The summed E-state index contributed by atoms with van der Waals surface area (Å²) < 4.78 is 5.59. The van der Waals surface area contributed by atoms with Crippen LogP contribution in [-0.2, 0) is 0 Å². The molecule has 0 unspecified atom stereocenters. The molecule has 6 heteroatoms. The molecule has 132 valence electrons. The van der Waals surface area contributed by atoms with E-state index in [2.05, 4.69) is 20.6 Å². The topological polar surface area (TPSA) is 76.1 Å². The number of benzene rings is 2. The Morgan fingerprint density at radius 3 is 2.54 bits per heavy atom. The summed E-state index contributed by atoms with van der Waals surface area (Å²) in [5.41, 5.74) is 2.80. The Morgan fingerprint density at radius 1 is 1.04 bits per heavy atom. The molecule has 26 heavy (non-hydrogen) atoms. The van der Waals surface area contributed by atoms with Crippen LogP contribution in [0, 0.1) is 6.92 Å². The Labute approximate surface area is 152 Å². The lowest BCUT2D eigenvalue weighted by atomic mass is 10.2. The van der Waals surface area contributed by atoms with Crippen LogP contribution in [0.2, 0.25) is 0 Å². The van der Waals surface area contributed by atoms with Gasteiger partial charge in [-0.05, 0) is 37.6 Å². The Kier molecular flexibility index (Phi) is 5.43. The lowest BCUT2D eigenvalue weighted by Crippen LogP contribution is -2.15. The normalized spacial score (nSPS) is 10.2. The molecule has 0 radical (unpaired) electrons. The summed E-state index contributed by atoms with van der Waals surface area (Å²) in [6.45, 7) is 4.43. The number of hydrogen-bond acceptors (Lipinski definition) is 5. The van der Waals surface area contributed by atoms with Gasteiger partial charge in [0.2, 0.25) is 0 Å². The van der Waals surface area contributed by atoms with Crippen LogP contribution in [-0.4, -0.2) is 22.5 Å². The predicted octanol–water partition coefficient (Wildman–Crippen LogP) is 4.18. The maximum absolute atomic E-state index is 12.5. The van der Waals surface area contributed by atoms with Crippen molar-refractivity contribution in [2.45, 2.75) is 13.8 Å². The molecule has 1 aromatic heterocycles. The zero-order valence-corrected chi connectivity index (χ0v) is 14.7. The number of nitrogens with one attached hydrogen (secondary N) is 2. The molecule has 0 aliphatic rings. The lowest BCUT2D eigenvalue weighted by Gasteiger charge is -2.12. The van der Waals surface area contributed by atoms with Crippen molar-refractivity contribution in [3.63, 3.8) is 0 Å². The first-order valence-electron chi connectivity index (χ1n) is 8.35. The van der Waals surface area contributed by atoms with Gasteiger partial charge >= 0.3 is 0 Å². The number of ether oxygens (including phenoxy) is 1. The Balaban J connectivity index is 1.78. The van der Waals surface area contributed by atoms with E-state index in [-0.39, 0.29) is 11.6 Å². The number of carbonyl (C=O) groups excluding carboxylic acids is 1. The molecule has 0 aliphatic heterocycles. The number of aryl methyl sites for hydroxylation is 1. The number of para-hydroxylation sites is 3. The predicted molar refractivity (Wildman–Crippen MR) is 102 cm³/mol. The van der Waals surface area contributed by atoms with Gasteiger partial charge < -0.3 is 15.4 Å². The molecule has 2 aromatic carbocycles. The maximum Gasteiger partial charge on any atom is 0.274 e. The summed E-state index contributed by atoms with van der Waals surface area (Å²) in [6.07, 6.45) is 1.36. The first-order chi connectivity index (χ1) is 12.7. The second-order valence-corrected chi connectivity index (χ2v) is 5.61. The Bertz CT molecular complexity index is 912. The number of rotatable bonds is 6. The maximum atomic E-state index is 12.5. The van der Waals surface area contributed by atoms with Crippen LogP contribution in [0.5, 0.6) is 5.75 Å². The second-order valence-electron chi connectivity index (χ2n) is 5.61. The number of nitrogens with zero attached hydrogens (tertiary/aromatic N) is 2. The molecule has 0 saturated carbocycles. The molecule has 0 atom stereocenters. The first kappa shape index (κ1) is 17.4. The van der Waals surface area contributed by atoms with Crippen LogP contribution in [0.1, 0.15) is 23.0 Å². The van der Waals surface area contributed by atoms with Crippen molar-refractivity contribution >= 4 is 23.1 Å². The molecule has 1 heterocycles. The highest BCUT2D eigenvalue weighted by atomic mass is 16.5. The van der Waals surface area contributed by atoms with E-state index >= 15 is 0 Å². The highest BCUT2D eigenvalue weighted by Crippen LogP contribution is 2.26. The molecule has 0 saturated heterocycles. The first-order valence-corrected chi connectivity index (χ1v) is 8.35. The Morgan fingerprint density at radius 2 is 1.77 bits per heavy atom. The van der Waals surface area contributed by atoms with Gasteiger partial charge in [-0.1, -0.05) is 30.3 Å². The molecule has 1 amide bonds. The summed E-state index contributed by atoms with van der Waals surface area (Å²) in [6, 6.07) is 16.8. The second kappa shape index (κ2) is 8.11. The van der Waals surface area contributed by atoms with Crippen LogP contribution in [0.15, 0.2) is 60.9 Å². The number of anilines is 3. The average Bonchev–Trinajstić information content (AvgIpc) is 2.66. The molecule has 6 nitrogen and oxygen atoms in total. The molecule has 2 N–H and O–H groups in total. The minimum absolute atomic E-state index is 0.277. The number of aromatic nitrogens is 2. The zero-order chi connectivity index (χ0) is 18.4. The summed E-state index contributed by atoms with van der Waals surface area (Å²) in [7, 11) is 0. The van der Waals surface area contributed by atoms with Crippen molar-refractivity contribution in [3.8, 4) is 5.75 Å². The fourth-order valence-corrected chi connectivity index (χ4v) is 2.44. The van der Waals surface area contributed by atoms with Crippen molar-refractivity contribution in [1.29, 1.82) is 0 Å². The molecule has 0 aliphatic carbocycles. The highest BCUT2D eigenvalue weighted by Gasteiger charge is 2.11.